The predicted molar refractivity (Wildman–Crippen MR) is 77.1 cm³/mol. The topological polar surface area (TPSA) is 93.2 Å². The van der Waals surface area contributed by atoms with Gasteiger partial charge in [-0.15, -0.1) is 0 Å². The summed E-state index contributed by atoms with van der Waals surface area (Å²) in [6.45, 7) is 1.60. The fourth-order valence-corrected chi connectivity index (χ4v) is 2.92. The van der Waals surface area contributed by atoms with Gasteiger partial charge in [0.15, 0.2) is 0 Å². The molecule has 21 heavy (non-hydrogen) atoms. The molecule has 0 unspecified atom stereocenters. The quantitative estimate of drug-likeness (QED) is 0.662. The number of nitrogens with one attached hydrogen (secondary N) is 1. The van der Waals surface area contributed by atoms with Gasteiger partial charge in [-0.3, -0.25) is 10.1 Å². The summed E-state index contributed by atoms with van der Waals surface area (Å²) in [4.78, 5) is 10.8. The summed E-state index contributed by atoms with van der Waals surface area (Å²) in [5, 5.41) is 28.6. The number of aliphatic hydroxyl groups is 1. The molecular weight excluding hydrogens is 272 g/mol. The molecule has 7 heteroatoms. The molecule has 2 atom stereocenters. The third-order valence-corrected chi connectivity index (χ3v) is 3.87. The van der Waals surface area contributed by atoms with Crippen molar-refractivity contribution in [1.29, 1.82) is 0 Å². The summed E-state index contributed by atoms with van der Waals surface area (Å²) < 4.78 is 1.45. The third kappa shape index (κ3) is 2.15. The van der Waals surface area contributed by atoms with Crippen LogP contribution in [0.15, 0.2) is 24.3 Å². The highest BCUT2D eigenvalue weighted by molar-refractivity contribution is 5.61. The minimum absolute atomic E-state index is 0.0471. The van der Waals surface area contributed by atoms with Crippen molar-refractivity contribution in [2.75, 3.05) is 5.32 Å². The number of fused-ring (bicyclic) bond motifs is 1. The molecule has 3 rings (SSSR count). The molecule has 1 heterocycles. The molecule has 2 aromatic rings. The standard InChI is InChI=1S/C14H16N4O3/c1-8-13(18(20)21)14(17(2)16-8)15-12-10-6-4-3-5-9(10)7-11(12)19/h3-6,11-12,15,19H,7H2,1-2H3/t11-,12-/m1/s1. The van der Waals surface area contributed by atoms with Crippen molar-refractivity contribution >= 4 is 11.5 Å². The highest BCUT2D eigenvalue weighted by Crippen LogP contribution is 2.37. The predicted octanol–water partition coefficient (Wildman–Crippen LogP) is 1.71. The van der Waals surface area contributed by atoms with Crippen molar-refractivity contribution in [3.63, 3.8) is 0 Å². The SMILES string of the molecule is Cc1nn(C)c(N[C@@H]2c3ccccc3C[C@H]2O)c1[N+](=O)[O-]. The molecule has 1 aliphatic carbocycles. The Balaban J connectivity index is 2.00. The first-order chi connectivity index (χ1) is 9.99. The van der Waals surface area contributed by atoms with Crippen LogP contribution in [0.5, 0.6) is 0 Å². The van der Waals surface area contributed by atoms with E-state index in [1.54, 1.807) is 14.0 Å². The van der Waals surface area contributed by atoms with Crippen molar-refractivity contribution in [3.05, 3.63) is 51.2 Å². The molecule has 0 bridgehead atoms. The second-order valence-electron chi connectivity index (χ2n) is 5.26. The Bertz CT molecular complexity index is 710. The van der Waals surface area contributed by atoms with Crippen molar-refractivity contribution in [1.82, 2.24) is 9.78 Å². The number of nitro groups is 1. The molecule has 0 radical (unpaired) electrons. The third-order valence-electron chi connectivity index (χ3n) is 3.87. The highest BCUT2D eigenvalue weighted by atomic mass is 16.6. The van der Waals surface area contributed by atoms with Crippen LogP contribution < -0.4 is 5.32 Å². The van der Waals surface area contributed by atoms with Crippen LogP contribution in [0.1, 0.15) is 22.9 Å². The van der Waals surface area contributed by atoms with Gasteiger partial charge in [-0.05, 0) is 18.1 Å². The van der Waals surface area contributed by atoms with E-state index in [0.29, 0.717) is 17.9 Å². The van der Waals surface area contributed by atoms with Gasteiger partial charge in [0.1, 0.15) is 5.69 Å². The van der Waals surface area contributed by atoms with Crippen LogP contribution in [0.2, 0.25) is 0 Å². The van der Waals surface area contributed by atoms with Crippen LogP contribution in [0.25, 0.3) is 0 Å². The number of aryl methyl sites for hydroxylation is 2. The molecule has 0 aliphatic heterocycles. The van der Waals surface area contributed by atoms with Gasteiger partial charge >= 0.3 is 5.69 Å². The lowest BCUT2D eigenvalue weighted by Gasteiger charge is -2.18. The Hall–Kier alpha value is -2.41. The number of hydrogen-bond acceptors (Lipinski definition) is 5. The molecule has 1 aliphatic rings. The number of aliphatic hydroxyl groups excluding tert-OH is 1. The summed E-state index contributed by atoms with van der Waals surface area (Å²) in [6.07, 6.45) is -0.0735. The van der Waals surface area contributed by atoms with E-state index in [0.717, 1.165) is 11.1 Å². The summed E-state index contributed by atoms with van der Waals surface area (Å²) >= 11 is 0. The molecule has 1 aromatic carbocycles. The van der Waals surface area contributed by atoms with Crippen LogP contribution in [-0.4, -0.2) is 25.9 Å². The van der Waals surface area contributed by atoms with E-state index in [-0.39, 0.29) is 11.7 Å². The fraction of sp³-hybridized carbons (Fsp3) is 0.357. The average molecular weight is 288 g/mol. The van der Waals surface area contributed by atoms with Gasteiger partial charge in [-0.2, -0.15) is 5.10 Å². The maximum Gasteiger partial charge on any atom is 0.333 e. The Morgan fingerprint density at radius 3 is 2.90 bits per heavy atom. The van der Waals surface area contributed by atoms with Gasteiger partial charge in [0.05, 0.1) is 17.1 Å². The van der Waals surface area contributed by atoms with E-state index in [2.05, 4.69) is 10.4 Å². The van der Waals surface area contributed by atoms with Crippen LogP contribution in [-0.2, 0) is 13.5 Å². The maximum absolute atomic E-state index is 11.2. The van der Waals surface area contributed by atoms with Crippen LogP contribution in [0.3, 0.4) is 0 Å². The van der Waals surface area contributed by atoms with Gasteiger partial charge < -0.3 is 10.4 Å². The zero-order chi connectivity index (χ0) is 15.1. The summed E-state index contributed by atoms with van der Waals surface area (Å²) in [6, 6.07) is 7.34. The molecule has 1 aromatic heterocycles. The van der Waals surface area contributed by atoms with Gasteiger partial charge in [-0.1, -0.05) is 24.3 Å². The monoisotopic (exact) mass is 288 g/mol. The summed E-state index contributed by atoms with van der Waals surface area (Å²) in [5.41, 5.74) is 2.34. The molecule has 0 saturated carbocycles. The van der Waals surface area contributed by atoms with Crippen molar-refractivity contribution in [2.45, 2.75) is 25.5 Å². The minimum Gasteiger partial charge on any atom is -0.390 e. The first-order valence-electron chi connectivity index (χ1n) is 6.69. The second-order valence-corrected chi connectivity index (χ2v) is 5.26. The first-order valence-corrected chi connectivity index (χ1v) is 6.69. The first kappa shape index (κ1) is 13.6. The van der Waals surface area contributed by atoms with Crippen LogP contribution in [0.4, 0.5) is 11.5 Å². The molecule has 7 nitrogen and oxygen atoms in total. The van der Waals surface area contributed by atoms with Crippen molar-refractivity contribution in [2.24, 2.45) is 7.05 Å². The Morgan fingerprint density at radius 1 is 1.48 bits per heavy atom. The van der Waals surface area contributed by atoms with E-state index < -0.39 is 11.0 Å². The van der Waals surface area contributed by atoms with Crippen LogP contribution >= 0.6 is 0 Å². The smallest absolute Gasteiger partial charge is 0.333 e. The Labute approximate surface area is 121 Å². The van der Waals surface area contributed by atoms with E-state index in [1.165, 1.54) is 4.68 Å². The molecule has 0 spiro atoms. The highest BCUT2D eigenvalue weighted by Gasteiger charge is 2.34. The van der Waals surface area contributed by atoms with E-state index in [9.17, 15) is 15.2 Å². The molecule has 0 saturated heterocycles. The van der Waals surface area contributed by atoms with Gasteiger partial charge in [0, 0.05) is 13.5 Å². The molecule has 0 fully saturated rings. The van der Waals surface area contributed by atoms with E-state index in [4.69, 9.17) is 0 Å². The second kappa shape index (κ2) is 4.85. The largest absolute Gasteiger partial charge is 0.390 e. The maximum atomic E-state index is 11.2. The zero-order valence-electron chi connectivity index (χ0n) is 11.8. The number of rotatable bonds is 3. The van der Waals surface area contributed by atoms with Gasteiger partial charge in [0.25, 0.3) is 0 Å². The number of aromatic nitrogens is 2. The lowest BCUT2D eigenvalue weighted by Crippen LogP contribution is -2.22. The molecule has 0 amide bonds. The average Bonchev–Trinajstić information content (AvgIpc) is 2.88. The van der Waals surface area contributed by atoms with Crippen molar-refractivity contribution in [3.8, 4) is 0 Å². The van der Waals surface area contributed by atoms with E-state index >= 15 is 0 Å². The Kier molecular flexibility index (Phi) is 3.13. The molecular formula is C14H16N4O3. The number of hydrogen-bond donors (Lipinski definition) is 2. The van der Waals surface area contributed by atoms with E-state index in [1.807, 2.05) is 24.3 Å². The molecule has 2 N–H and O–H groups in total. The van der Waals surface area contributed by atoms with Crippen LogP contribution in [0, 0.1) is 17.0 Å². The molecule has 110 valence electrons. The fourth-order valence-electron chi connectivity index (χ4n) is 2.92. The normalized spacial score (nSPS) is 20.3. The number of anilines is 1. The van der Waals surface area contributed by atoms with Gasteiger partial charge in [-0.25, -0.2) is 4.68 Å². The summed E-state index contributed by atoms with van der Waals surface area (Å²) in [5.74, 6) is 0.318. The lowest BCUT2D eigenvalue weighted by atomic mass is 10.1. The summed E-state index contributed by atoms with van der Waals surface area (Å²) in [7, 11) is 1.65. The number of nitrogens with zero attached hydrogens (tertiary/aromatic N) is 3. The minimum atomic E-state index is -0.614. The lowest BCUT2D eigenvalue weighted by molar-refractivity contribution is -0.384. The zero-order valence-corrected chi connectivity index (χ0v) is 11.8. The van der Waals surface area contributed by atoms with Gasteiger partial charge in [0.2, 0.25) is 5.82 Å². The number of benzene rings is 1. The van der Waals surface area contributed by atoms with Crippen molar-refractivity contribution < 1.29 is 10.0 Å². The Morgan fingerprint density at radius 2 is 2.19 bits per heavy atom.